The number of hydrogen-bond donors (Lipinski definition) is 1. The summed E-state index contributed by atoms with van der Waals surface area (Å²) in [5.41, 5.74) is 1.72. The largest absolute Gasteiger partial charge is 0.397 e. The predicted molar refractivity (Wildman–Crippen MR) is 68.9 cm³/mol. The molecular formula is C14H18F3NO2. The van der Waals surface area contributed by atoms with Crippen LogP contribution >= 0.6 is 0 Å². The minimum Gasteiger partial charge on any atom is -0.374 e. The molecule has 1 aromatic carbocycles. The van der Waals surface area contributed by atoms with E-state index in [-0.39, 0.29) is 12.6 Å². The smallest absolute Gasteiger partial charge is 0.374 e. The number of rotatable bonds is 6. The number of nitrogens with one attached hydrogen (secondary N) is 1. The monoisotopic (exact) mass is 289 g/mol. The molecule has 112 valence electrons. The molecule has 0 bridgehead atoms. The summed E-state index contributed by atoms with van der Waals surface area (Å²) in [7, 11) is 0. The molecule has 1 amide bonds. The lowest BCUT2D eigenvalue weighted by Crippen LogP contribution is -2.28. The summed E-state index contributed by atoms with van der Waals surface area (Å²) in [4.78, 5) is 11.0. The van der Waals surface area contributed by atoms with Crippen LogP contribution in [0.3, 0.4) is 0 Å². The zero-order chi connectivity index (χ0) is 15.2. The van der Waals surface area contributed by atoms with Crippen molar-refractivity contribution in [3.8, 4) is 0 Å². The van der Waals surface area contributed by atoms with Crippen molar-refractivity contribution in [1.29, 1.82) is 0 Å². The van der Waals surface area contributed by atoms with Crippen LogP contribution in [-0.4, -0.2) is 18.2 Å². The first-order valence-electron chi connectivity index (χ1n) is 6.29. The molecule has 0 aromatic heterocycles. The molecule has 0 spiro atoms. The summed E-state index contributed by atoms with van der Waals surface area (Å²) in [5.74, 6) is -1.02. The lowest BCUT2D eigenvalue weighted by atomic mass is 10.1. The van der Waals surface area contributed by atoms with Crippen molar-refractivity contribution in [2.24, 2.45) is 0 Å². The predicted octanol–water partition coefficient (Wildman–Crippen LogP) is 3.18. The number of carbonyl (C=O) groups excluding carboxylic acids is 1. The minimum absolute atomic E-state index is 0.0836. The van der Waals surface area contributed by atoms with Crippen LogP contribution in [0.1, 0.15) is 31.4 Å². The van der Waals surface area contributed by atoms with E-state index >= 15 is 0 Å². The molecular weight excluding hydrogens is 271 g/mol. The van der Waals surface area contributed by atoms with Crippen LogP contribution in [0.25, 0.3) is 0 Å². The summed E-state index contributed by atoms with van der Waals surface area (Å²) in [5, 5.41) is 2.23. The molecule has 20 heavy (non-hydrogen) atoms. The standard InChI is InChI=1S/C14H18F3NO2/c1-10(2)20-9-12-5-3-11(4-6-12)8-18-13(19)7-14(15,16)17/h3-6,10H,7-9H2,1-2H3,(H,18,19). The Morgan fingerprint density at radius 3 is 2.25 bits per heavy atom. The topological polar surface area (TPSA) is 38.3 Å². The minimum atomic E-state index is -4.47. The maximum Gasteiger partial charge on any atom is 0.397 e. The van der Waals surface area contributed by atoms with Crippen LogP contribution in [0.2, 0.25) is 0 Å². The van der Waals surface area contributed by atoms with Crippen LogP contribution in [-0.2, 0) is 22.7 Å². The molecule has 1 rings (SSSR count). The van der Waals surface area contributed by atoms with E-state index < -0.39 is 18.5 Å². The second kappa shape index (κ2) is 7.28. The maximum absolute atomic E-state index is 12.0. The van der Waals surface area contributed by atoms with Crippen molar-refractivity contribution in [1.82, 2.24) is 5.32 Å². The SMILES string of the molecule is CC(C)OCc1ccc(CNC(=O)CC(F)(F)F)cc1. The van der Waals surface area contributed by atoms with Gasteiger partial charge in [-0.1, -0.05) is 24.3 Å². The van der Waals surface area contributed by atoms with Gasteiger partial charge in [-0.15, -0.1) is 0 Å². The molecule has 3 nitrogen and oxygen atoms in total. The lowest BCUT2D eigenvalue weighted by molar-refractivity contribution is -0.153. The van der Waals surface area contributed by atoms with Gasteiger partial charge in [0.05, 0.1) is 12.7 Å². The molecule has 0 unspecified atom stereocenters. The number of amides is 1. The molecule has 1 aromatic rings. The van der Waals surface area contributed by atoms with Crippen molar-refractivity contribution in [2.75, 3.05) is 0 Å². The first-order valence-corrected chi connectivity index (χ1v) is 6.29. The Labute approximate surface area is 116 Å². The third-order valence-electron chi connectivity index (χ3n) is 2.46. The molecule has 0 fully saturated rings. The molecule has 1 N–H and O–H groups in total. The van der Waals surface area contributed by atoms with E-state index in [1.807, 2.05) is 26.0 Å². The van der Waals surface area contributed by atoms with Crippen molar-refractivity contribution in [3.05, 3.63) is 35.4 Å². The van der Waals surface area contributed by atoms with Crippen molar-refractivity contribution < 1.29 is 22.7 Å². The van der Waals surface area contributed by atoms with Gasteiger partial charge in [-0.05, 0) is 25.0 Å². The van der Waals surface area contributed by atoms with E-state index in [9.17, 15) is 18.0 Å². The van der Waals surface area contributed by atoms with Gasteiger partial charge in [-0.25, -0.2) is 0 Å². The van der Waals surface area contributed by atoms with Crippen molar-refractivity contribution in [3.63, 3.8) is 0 Å². The van der Waals surface area contributed by atoms with Gasteiger partial charge in [0.2, 0.25) is 5.91 Å². The summed E-state index contributed by atoms with van der Waals surface area (Å²) in [6.07, 6.45) is -5.79. The van der Waals surface area contributed by atoms with Crippen LogP contribution in [0.15, 0.2) is 24.3 Å². The quantitative estimate of drug-likeness (QED) is 0.873. The molecule has 0 aliphatic rings. The first kappa shape index (κ1) is 16.5. The van der Waals surface area contributed by atoms with Gasteiger partial charge >= 0.3 is 6.18 Å². The van der Waals surface area contributed by atoms with Gasteiger partial charge in [-0.2, -0.15) is 13.2 Å². The summed E-state index contributed by atoms with van der Waals surface area (Å²) >= 11 is 0. The Morgan fingerprint density at radius 1 is 1.20 bits per heavy atom. The average Bonchev–Trinajstić information content (AvgIpc) is 2.33. The van der Waals surface area contributed by atoms with Gasteiger partial charge in [0.15, 0.2) is 0 Å². The van der Waals surface area contributed by atoms with Crippen LogP contribution in [0.4, 0.5) is 13.2 Å². The Kier molecular flexibility index (Phi) is 6.01. The summed E-state index contributed by atoms with van der Waals surface area (Å²) in [6.45, 7) is 4.44. The fraction of sp³-hybridized carbons (Fsp3) is 0.500. The molecule has 0 radical (unpaired) electrons. The second-order valence-electron chi connectivity index (χ2n) is 4.74. The number of carbonyl (C=O) groups is 1. The van der Waals surface area contributed by atoms with E-state index in [1.165, 1.54) is 0 Å². The molecule has 0 heterocycles. The van der Waals surface area contributed by atoms with Crippen molar-refractivity contribution >= 4 is 5.91 Å². The Hall–Kier alpha value is -1.56. The second-order valence-corrected chi connectivity index (χ2v) is 4.74. The Bertz CT molecular complexity index is 427. The molecule has 6 heteroatoms. The van der Waals surface area contributed by atoms with Crippen LogP contribution < -0.4 is 5.32 Å². The van der Waals surface area contributed by atoms with Gasteiger partial charge in [0, 0.05) is 6.54 Å². The fourth-order valence-electron chi connectivity index (χ4n) is 1.46. The third kappa shape index (κ3) is 7.13. The highest BCUT2D eigenvalue weighted by Gasteiger charge is 2.30. The zero-order valence-corrected chi connectivity index (χ0v) is 11.5. The van der Waals surface area contributed by atoms with Gasteiger partial charge in [0.25, 0.3) is 0 Å². The highest BCUT2D eigenvalue weighted by molar-refractivity contribution is 5.76. The van der Waals surface area contributed by atoms with E-state index in [2.05, 4.69) is 5.32 Å². The van der Waals surface area contributed by atoms with Crippen LogP contribution in [0, 0.1) is 0 Å². The number of halogens is 3. The van der Waals surface area contributed by atoms with E-state index in [1.54, 1.807) is 12.1 Å². The third-order valence-corrected chi connectivity index (χ3v) is 2.46. The maximum atomic E-state index is 12.0. The van der Waals surface area contributed by atoms with E-state index in [0.29, 0.717) is 6.61 Å². The van der Waals surface area contributed by atoms with E-state index in [0.717, 1.165) is 11.1 Å². The normalized spacial score (nSPS) is 11.7. The number of hydrogen-bond acceptors (Lipinski definition) is 2. The Morgan fingerprint density at radius 2 is 1.75 bits per heavy atom. The Balaban J connectivity index is 2.40. The van der Waals surface area contributed by atoms with Gasteiger partial charge in [0.1, 0.15) is 6.42 Å². The number of benzene rings is 1. The average molecular weight is 289 g/mol. The molecule has 0 aliphatic carbocycles. The zero-order valence-electron chi connectivity index (χ0n) is 11.5. The first-order chi connectivity index (χ1) is 9.26. The highest BCUT2D eigenvalue weighted by Crippen LogP contribution is 2.19. The number of alkyl halides is 3. The molecule has 0 atom stereocenters. The molecule has 0 aliphatic heterocycles. The van der Waals surface area contributed by atoms with Crippen molar-refractivity contribution in [2.45, 2.75) is 45.7 Å². The van der Waals surface area contributed by atoms with Gasteiger partial charge in [-0.3, -0.25) is 4.79 Å². The summed E-state index contributed by atoms with van der Waals surface area (Å²) < 4.78 is 41.3. The van der Waals surface area contributed by atoms with Gasteiger partial charge < -0.3 is 10.1 Å². The van der Waals surface area contributed by atoms with Crippen LogP contribution in [0.5, 0.6) is 0 Å². The lowest BCUT2D eigenvalue weighted by Gasteiger charge is -2.09. The molecule has 0 saturated carbocycles. The molecule has 0 saturated heterocycles. The number of ether oxygens (including phenoxy) is 1. The fourth-order valence-corrected chi connectivity index (χ4v) is 1.46. The summed E-state index contributed by atoms with van der Waals surface area (Å²) in [6, 6.07) is 7.17. The van der Waals surface area contributed by atoms with E-state index in [4.69, 9.17) is 4.74 Å². The highest BCUT2D eigenvalue weighted by atomic mass is 19.4.